The van der Waals surface area contributed by atoms with Crippen molar-refractivity contribution in [3.8, 4) is 11.5 Å². The number of hydrogen-bond donors (Lipinski definition) is 2. The van der Waals surface area contributed by atoms with Gasteiger partial charge >= 0.3 is 5.97 Å². The molecule has 2 aliphatic heterocycles. The Morgan fingerprint density at radius 3 is 2.82 bits per heavy atom. The molecule has 0 aliphatic carbocycles. The van der Waals surface area contributed by atoms with Crippen LogP contribution in [0.15, 0.2) is 76.5 Å². The zero-order valence-electron chi connectivity index (χ0n) is 14.7. The van der Waals surface area contributed by atoms with Gasteiger partial charge in [-0.15, -0.1) is 0 Å². The number of H-pyrrole nitrogens is 1. The van der Waals surface area contributed by atoms with Crippen molar-refractivity contribution in [1.29, 1.82) is 0 Å². The molecule has 28 heavy (non-hydrogen) atoms. The Labute approximate surface area is 159 Å². The van der Waals surface area contributed by atoms with Crippen molar-refractivity contribution in [1.82, 2.24) is 10.2 Å². The minimum atomic E-state index is -0.300. The number of benzene rings is 2. The van der Waals surface area contributed by atoms with E-state index in [4.69, 9.17) is 9.15 Å². The van der Waals surface area contributed by atoms with Crippen LogP contribution in [0.25, 0.3) is 22.2 Å². The number of hydrogen-bond acceptors (Lipinski definition) is 5. The van der Waals surface area contributed by atoms with Crippen molar-refractivity contribution in [3.05, 3.63) is 83.3 Å². The Bertz CT molecular complexity index is 1260. The number of nitrogens with zero attached hydrogens (tertiary/aromatic N) is 1. The molecule has 0 saturated carbocycles. The third-order valence-electron chi connectivity index (χ3n) is 5.45. The smallest absolute Gasteiger partial charge is 0.337 e. The van der Waals surface area contributed by atoms with Crippen LogP contribution in [-0.4, -0.2) is 22.8 Å². The lowest BCUT2D eigenvalue weighted by Crippen LogP contribution is -2.20. The van der Waals surface area contributed by atoms with Crippen LogP contribution in [-0.2, 0) is 9.53 Å². The predicted molar refractivity (Wildman–Crippen MR) is 104 cm³/mol. The lowest BCUT2D eigenvalue weighted by molar-refractivity contribution is -0.136. The number of cyclic esters (lactones) is 1. The fourth-order valence-electron chi connectivity index (χ4n) is 4.25. The molecule has 6 heteroatoms. The lowest BCUT2D eigenvalue weighted by atomic mass is 9.79. The van der Waals surface area contributed by atoms with Crippen LogP contribution in [0.4, 0.5) is 5.82 Å². The van der Waals surface area contributed by atoms with Crippen LogP contribution >= 0.6 is 0 Å². The van der Waals surface area contributed by atoms with E-state index in [1.807, 2.05) is 30.3 Å². The first-order chi connectivity index (χ1) is 13.8. The minimum absolute atomic E-state index is 0.234. The topological polar surface area (TPSA) is 80.2 Å². The average molecular weight is 369 g/mol. The second-order valence-electron chi connectivity index (χ2n) is 6.93. The number of aromatic nitrogens is 2. The summed E-state index contributed by atoms with van der Waals surface area (Å²) in [6.07, 6.45) is 1.63. The molecule has 0 fully saturated rings. The molecule has 6 rings (SSSR count). The number of ether oxygens (including phenoxy) is 1. The maximum absolute atomic E-state index is 12.7. The van der Waals surface area contributed by atoms with Gasteiger partial charge in [-0.2, -0.15) is 5.10 Å². The number of esters is 1. The van der Waals surface area contributed by atoms with Gasteiger partial charge in [-0.05, 0) is 28.5 Å². The number of anilines is 1. The Kier molecular flexibility index (Phi) is 3.05. The monoisotopic (exact) mass is 369 g/mol. The average Bonchev–Trinajstić information content (AvgIpc) is 3.46. The van der Waals surface area contributed by atoms with Gasteiger partial charge in [-0.25, -0.2) is 4.79 Å². The Balaban J connectivity index is 1.67. The summed E-state index contributed by atoms with van der Waals surface area (Å²) in [6.45, 7) is 0.234. The van der Waals surface area contributed by atoms with Gasteiger partial charge in [0.1, 0.15) is 12.3 Å². The van der Waals surface area contributed by atoms with Gasteiger partial charge in [0.15, 0.2) is 11.6 Å². The highest BCUT2D eigenvalue weighted by Gasteiger charge is 2.42. The zero-order valence-corrected chi connectivity index (χ0v) is 14.7. The number of rotatable bonds is 2. The van der Waals surface area contributed by atoms with E-state index < -0.39 is 0 Å². The first-order valence-corrected chi connectivity index (χ1v) is 9.08. The summed E-state index contributed by atoms with van der Waals surface area (Å²) < 4.78 is 11.0. The molecule has 4 heterocycles. The van der Waals surface area contributed by atoms with E-state index in [-0.39, 0.29) is 18.5 Å². The Morgan fingerprint density at radius 1 is 1.04 bits per heavy atom. The highest BCUT2D eigenvalue weighted by Crippen LogP contribution is 2.48. The molecule has 2 N–H and O–H groups in total. The van der Waals surface area contributed by atoms with Crippen molar-refractivity contribution in [3.63, 3.8) is 0 Å². The van der Waals surface area contributed by atoms with Crippen LogP contribution in [0.3, 0.4) is 0 Å². The second-order valence-corrected chi connectivity index (χ2v) is 6.93. The number of carbonyl (C=O) groups excluding carboxylic acids is 1. The molecule has 2 aromatic carbocycles. The van der Waals surface area contributed by atoms with Crippen LogP contribution in [0.1, 0.15) is 17.0 Å². The molecule has 2 aliphatic rings. The SMILES string of the molecule is O=C1OCC2=C1C(c1cccc3ccccc13)c1c(n[nH]c1-c1ccco1)N2. The molecule has 1 unspecified atom stereocenters. The van der Waals surface area contributed by atoms with E-state index in [9.17, 15) is 4.79 Å². The molecule has 4 aromatic rings. The number of aromatic amines is 1. The van der Waals surface area contributed by atoms with Crippen LogP contribution in [0.5, 0.6) is 0 Å². The molecule has 0 amide bonds. The summed E-state index contributed by atoms with van der Waals surface area (Å²) in [5.74, 6) is 0.779. The fraction of sp³-hybridized carbons (Fsp3) is 0.0909. The van der Waals surface area contributed by atoms with Gasteiger partial charge in [-0.1, -0.05) is 42.5 Å². The molecule has 1 atom stereocenters. The quantitative estimate of drug-likeness (QED) is 0.518. The lowest BCUT2D eigenvalue weighted by Gasteiger charge is -2.25. The molecule has 0 spiro atoms. The van der Waals surface area contributed by atoms with Crippen molar-refractivity contribution in [2.75, 3.05) is 11.9 Å². The van der Waals surface area contributed by atoms with Crippen molar-refractivity contribution in [2.45, 2.75) is 5.92 Å². The largest absolute Gasteiger partial charge is 0.463 e. The number of fused-ring (bicyclic) bond motifs is 2. The number of nitrogens with one attached hydrogen (secondary N) is 2. The fourth-order valence-corrected chi connectivity index (χ4v) is 4.25. The predicted octanol–water partition coefficient (Wildman–Crippen LogP) is 4.19. The van der Waals surface area contributed by atoms with Crippen LogP contribution in [0.2, 0.25) is 0 Å². The van der Waals surface area contributed by atoms with Gasteiger partial charge in [0, 0.05) is 11.5 Å². The third kappa shape index (κ3) is 2.02. The van der Waals surface area contributed by atoms with E-state index in [0.717, 1.165) is 33.3 Å². The molecule has 136 valence electrons. The van der Waals surface area contributed by atoms with Gasteiger partial charge < -0.3 is 14.5 Å². The molecular formula is C22H15N3O3. The molecule has 0 radical (unpaired) electrons. The molecule has 6 nitrogen and oxygen atoms in total. The van der Waals surface area contributed by atoms with Gasteiger partial charge in [0.05, 0.1) is 17.5 Å². The van der Waals surface area contributed by atoms with Gasteiger partial charge in [0.2, 0.25) is 0 Å². The minimum Gasteiger partial charge on any atom is -0.463 e. The first kappa shape index (κ1) is 15.3. The van der Waals surface area contributed by atoms with Crippen LogP contribution in [0, 0.1) is 0 Å². The first-order valence-electron chi connectivity index (χ1n) is 9.08. The van der Waals surface area contributed by atoms with Crippen molar-refractivity contribution in [2.24, 2.45) is 0 Å². The Morgan fingerprint density at radius 2 is 1.93 bits per heavy atom. The standard InChI is InChI=1S/C22H15N3O3/c26-22-18-15(11-28-22)23-21-19(20(24-25-21)16-9-4-10-27-16)17(18)14-8-3-6-12-5-1-2-7-13(12)14/h1-10,17H,11H2,(H2,23,24,25). The summed E-state index contributed by atoms with van der Waals surface area (Å²) in [6, 6.07) is 18.1. The summed E-state index contributed by atoms with van der Waals surface area (Å²) in [5, 5.41) is 13.0. The van der Waals surface area contributed by atoms with Gasteiger partial charge in [-0.3, -0.25) is 5.10 Å². The van der Waals surface area contributed by atoms with E-state index >= 15 is 0 Å². The van der Waals surface area contributed by atoms with Gasteiger partial charge in [0.25, 0.3) is 0 Å². The van der Waals surface area contributed by atoms with Crippen molar-refractivity contribution >= 4 is 22.6 Å². The molecule has 2 aromatic heterocycles. The Hall–Kier alpha value is -3.80. The number of furan rings is 1. The van der Waals surface area contributed by atoms with E-state index in [0.29, 0.717) is 17.2 Å². The molecule has 0 saturated heterocycles. The summed E-state index contributed by atoms with van der Waals surface area (Å²) >= 11 is 0. The van der Waals surface area contributed by atoms with Crippen molar-refractivity contribution < 1.29 is 13.9 Å². The maximum Gasteiger partial charge on any atom is 0.337 e. The highest BCUT2D eigenvalue weighted by atomic mass is 16.5. The van der Waals surface area contributed by atoms with Crippen LogP contribution < -0.4 is 5.32 Å². The third-order valence-corrected chi connectivity index (χ3v) is 5.45. The highest BCUT2D eigenvalue weighted by molar-refractivity contribution is 6.00. The zero-order chi connectivity index (χ0) is 18.7. The summed E-state index contributed by atoms with van der Waals surface area (Å²) in [7, 11) is 0. The summed E-state index contributed by atoms with van der Waals surface area (Å²) in [5.41, 5.74) is 4.10. The molecule has 0 bridgehead atoms. The maximum atomic E-state index is 12.7. The summed E-state index contributed by atoms with van der Waals surface area (Å²) in [4.78, 5) is 12.7. The number of carbonyl (C=O) groups is 1. The van der Waals surface area contributed by atoms with E-state index in [2.05, 4.69) is 39.8 Å². The molecular weight excluding hydrogens is 354 g/mol. The van der Waals surface area contributed by atoms with E-state index in [1.165, 1.54) is 0 Å². The van der Waals surface area contributed by atoms with E-state index in [1.54, 1.807) is 6.26 Å². The normalized spacial score (nSPS) is 18.0. The second kappa shape index (κ2) is 5.60.